The van der Waals surface area contributed by atoms with E-state index >= 15 is 0 Å². The highest BCUT2D eigenvalue weighted by Crippen LogP contribution is 2.17. The molecule has 0 unspecified atom stereocenters. The second kappa shape index (κ2) is 9.03. The van der Waals surface area contributed by atoms with Crippen molar-refractivity contribution < 1.29 is 17.9 Å². The summed E-state index contributed by atoms with van der Waals surface area (Å²) >= 11 is 0. The molecule has 1 heterocycles. The van der Waals surface area contributed by atoms with Crippen molar-refractivity contribution in [2.24, 2.45) is 5.92 Å². The van der Waals surface area contributed by atoms with E-state index in [0.717, 1.165) is 24.9 Å². The van der Waals surface area contributed by atoms with Gasteiger partial charge in [-0.3, -0.25) is 0 Å². The van der Waals surface area contributed by atoms with E-state index in [0.29, 0.717) is 32.2 Å². The van der Waals surface area contributed by atoms with Crippen LogP contribution in [0.25, 0.3) is 0 Å². The van der Waals surface area contributed by atoms with Crippen molar-refractivity contribution >= 4 is 15.9 Å². The summed E-state index contributed by atoms with van der Waals surface area (Å²) < 4.78 is 27.5. The second-order valence-corrected chi connectivity index (χ2v) is 8.56. The summed E-state index contributed by atoms with van der Waals surface area (Å²) in [6.07, 6.45) is 2.80. The third-order valence-electron chi connectivity index (χ3n) is 4.16. The molecule has 1 aromatic carbocycles. The topological polar surface area (TPSA) is 75.7 Å². The van der Waals surface area contributed by atoms with Crippen molar-refractivity contribution in [1.29, 1.82) is 0 Å². The van der Waals surface area contributed by atoms with Gasteiger partial charge in [-0.2, -0.15) is 0 Å². The Hall–Kier alpha value is -1.60. The number of carbonyl (C=O) groups excluding carboxylic acids is 1. The first-order valence-electron chi connectivity index (χ1n) is 8.28. The lowest BCUT2D eigenvalue weighted by Crippen LogP contribution is -2.41. The Morgan fingerprint density at radius 1 is 1.25 bits per heavy atom. The number of likely N-dealkylation sites (tertiary alicyclic amines) is 1. The third-order valence-corrected chi connectivity index (χ3v) is 5.11. The fourth-order valence-corrected chi connectivity index (χ4v) is 3.21. The lowest BCUT2D eigenvalue weighted by Gasteiger charge is -2.31. The number of hydrogen-bond acceptors (Lipinski definition) is 5. The van der Waals surface area contributed by atoms with Crippen LogP contribution >= 0.6 is 0 Å². The van der Waals surface area contributed by atoms with Crippen LogP contribution in [0.4, 0.5) is 4.79 Å². The minimum absolute atomic E-state index is 0.164. The Balaban J connectivity index is 1.62. The first-order valence-corrected chi connectivity index (χ1v) is 10.3. The number of sulfone groups is 1. The van der Waals surface area contributed by atoms with Crippen molar-refractivity contribution in [3.63, 3.8) is 0 Å². The molecular weight excluding hydrogens is 328 g/mol. The molecular formula is C17H26N2O4S. The average Bonchev–Trinajstić information content (AvgIpc) is 2.57. The average molecular weight is 354 g/mol. The molecule has 1 fully saturated rings. The summed E-state index contributed by atoms with van der Waals surface area (Å²) in [5.41, 5.74) is 0.982. The Morgan fingerprint density at radius 3 is 2.54 bits per heavy atom. The molecule has 1 aliphatic rings. The van der Waals surface area contributed by atoms with E-state index in [1.807, 2.05) is 30.3 Å². The van der Waals surface area contributed by atoms with Crippen LogP contribution in [0.2, 0.25) is 0 Å². The molecule has 1 aromatic rings. The second-order valence-electron chi connectivity index (χ2n) is 6.30. The van der Waals surface area contributed by atoms with Crippen molar-refractivity contribution in [3.8, 4) is 0 Å². The molecule has 6 nitrogen and oxygen atoms in total. The summed E-state index contributed by atoms with van der Waals surface area (Å²) in [7, 11) is -2.91. The summed E-state index contributed by atoms with van der Waals surface area (Å²) in [5.74, 6) is 0.639. The normalized spacial score (nSPS) is 16.1. The molecule has 1 aliphatic heterocycles. The Kier molecular flexibility index (Phi) is 7.05. The van der Waals surface area contributed by atoms with Crippen LogP contribution in [0.3, 0.4) is 0 Å². The van der Waals surface area contributed by atoms with Crippen LogP contribution in [0.1, 0.15) is 18.4 Å². The molecule has 0 aromatic heterocycles. The molecule has 1 N–H and O–H groups in total. The van der Waals surface area contributed by atoms with Crippen LogP contribution in [-0.2, 0) is 21.2 Å². The first-order chi connectivity index (χ1) is 11.4. The highest BCUT2D eigenvalue weighted by atomic mass is 32.2. The fraction of sp³-hybridized carbons (Fsp3) is 0.588. The minimum atomic E-state index is -2.91. The van der Waals surface area contributed by atoms with Gasteiger partial charge in [0.2, 0.25) is 0 Å². The van der Waals surface area contributed by atoms with E-state index in [1.54, 1.807) is 4.90 Å². The predicted molar refractivity (Wildman–Crippen MR) is 93.5 cm³/mol. The summed E-state index contributed by atoms with van der Waals surface area (Å²) in [6, 6.07) is 9.64. The highest BCUT2D eigenvalue weighted by molar-refractivity contribution is 7.90. The fourth-order valence-electron chi connectivity index (χ4n) is 2.69. The molecule has 0 bridgehead atoms. The van der Waals surface area contributed by atoms with Gasteiger partial charge in [0.25, 0.3) is 0 Å². The molecule has 24 heavy (non-hydrogen) atoms. The van der Waals surface area contributed by atoms with Crippen molar-refractivity contribution in [2.75, 3.05) is 38.2 Å². The van der Waals surface area contributed by atoms with Gasteiger partial charge in [0.1, 0.15) is 16.4 Å². The van der Waals surface area contributed by atoms with Gasteiger partial charge in [0.15, 0.2) is 0 Å². The monoisotopic (exact) mass is 354 g/mol. The minimum Gasteiger partial charge on any atom is -0.445 e. The van der Waals surface area contributed by atoms with Gasteiger partial charge in [-0.25, -0.2) is 13.2 Å². The van der Waals surface area contributed by atoms with Gasteiger partial charge in [-0.05, 0) is 30.9 Å². The van der Waals surface area contributed by atoms with E-state index in [1.165, 1.54) is 6.26 Å². The number of rotatable bonds is 7. The molecule has 0 spiro atoms. The number of ether oxygens (including phenoxy) is 1. The van der Waals surface area contributed by atoms with E-state index in [9.17, 15) is 13.2 Å². The maximum absolute atomic E-state index is 12.1. The lowest BCUT2D eigenvalue weighted by molar-refractivity contribution is 0.0822. The van der Waals surface area contributed by atoms with E-state index in [-0.39, 0.29) is 11.8 Å². The van der Waals surface area contributed by atoms with Gasteiger partial charge in [-0.1, -0.05) is 30.3 Å². The molecule has 1 saturated heterocycles. The molecule has 2 rings (SSSR count). The molecule has 0 radical (unpaired) electrons. The van der Waals surface area contributed by atoms with Crippen molar-refractivity contribution in [3.05, 3.63) is 35.9 Å². The van der Waals surface area contributed by atoms with Crippen LogP contribution in [0, 0.1) is 5.92 Å². The SMILES string of the molecule is CS(=O)(=O)CCNCC1CCN(C(=O)OCc2ccccc2)CC1. The van der Waals surface area contributed by atoms with Gasteiger partial charge in [-0.15, -0.1) is 0 Å². The van der Waals surface area contributed by atoms with Crippen LogP contribution in [0.15, 0.2) is 30.3 Å². The van der Waals surface area contributed by atoms with Gasteiger partial charge in [0, 0.05) is 25.9 Å². The number of nitrogens with zero attached hydrogens (tertiary/aromatic N) is 1. The van der Waals surface area contributed by atoms with Crippen LogP contribution in [0.5, 0.6) is 0 Å². The number of nitrogens with one attached hydrogen (secondary N) is 1. The smallest absolute Gasteiger partial charge is 0.410 e. The highest BCUT2D eigenvalue weighted by Gasteiger charge is 2.23. The summed E-state index contributed by atoms with van der Waals surface area (Å²) in [5, 5.41) is 3.19. The van der Waals surface area contributed by atoms with Crippen molar-refractivity contribution in [1.82, 2.24) is 10.2 Å². The van der Waals surface area contributed by atoms with Crippen molar-refractivity contribution in [2.45, 2.75) is 19.4 Å². The molecule has 0 aliphatic carbocycles. The standard InChI is InChI=1S/C17H26N2O4S/c1-24(21,22)12-9-18-13-15-7-10-19(11-8-15)17(20)23-14-16-5-3-2-4-6-16/h2-6,15,18H,7-14H2,1H3. The third kappa shape index (κ3) is 6.88. The van der Waals surface area contributed by atoms with Crippen LogP contribution < -0.4 is 5.32 Å². The maximum atomic E-state index is 12.1. The Labute approximate surface area is 144 Å². The van der Waals surface area contributed by atoms with Crippen LogP contribution in [-0.4, -0.2) is 57.6 Å². The van der Waals surface area contributed by atoms with E-state index in [2.05, 4.69) is 5.32 Å². The van der Waals surface area contributed by atoms with E-state index in [4.69, 9.17) is 4.74 Å². The Morgan fingerprint density at radius 2 is 1.92 bits per heavy atom. The molecule has 1 amide bonds. The number of piperidine rings is 1. The zero-order chi connectivity index (χ0) is 17.4. The molecule has 7 heteroatoms. The zero-order valence-corrected chi connectivity index (χ0v) is 14.9. The summed E-state index contributed by atoms with van der Waals surface area (Å²) in [6.45, 7) is 2.95. The van der Waals surface area contributed by atoms with Gasteiger partial charge >= 0.3 is 6.09 Å². The predicted octanol–water partition coefficient (Wildman–Crippen LogP) is 1.67. The number of amides is 1. The number of benzene rings is 1. The molecule has 0 atom stereocenters. The zero-order valence-electron chi connectivity index (χ0n) is 14.1. The number of carbonyl (C=O) groups is 1. The lowest BCUT2D eigenvalue weighted by atomic mass is 9.97. The quantitative estimate of drug-likeness (QED) is 0.754. The Bertz CT molecular complexity index is 611. The van der Waals surface area contributed by atoms with E-state index < -0.39 is 9.84 Å². The number of hydrogen-bond donors (Lipinski definition) is 1. The summed E-state index contributed by atoms with van der Waals surface area (Å²) in [4.78, 5) is 13.8. The largest absolute Gasteiger partial charge is 0.445 e. The maximum Gasteiger partial charge on any atom is 0.410 e. The van der Waals surface area contributed by atoms with Gasteiger partial charge in [0.05, 0.1) is 5.75 Å². The first kappa shape index (κ1) is 18.7. The molecule has 134 valence electrons. The van der Waals surface area contributed by atoms with Gasteiger partial charge < -0.3 is 15.0 Å². The molecule has 0 saturated carbocycles.